The molecule has 0 radical (unpaired) electrons. The second-order valence-electron chi connectivity index (χ2n) is 4.25. The first-order valence-electron chi connectivity index (χ1n) is 5.90. The molecule has 1 aliphatic heterocycles. The van der Waals surface area contributed by atoms with Crippen LogP contribution in [0.4, 0.5) is 5.69 Å². The van der Waals surface area contributed by atoms with E-state index >= 15 is 0 Å². The SMILES string of the molecule is C=C(C(=O)OC)C1(O)C(=O)N(CC)c2ccccc21. The number of methoxy groups -OCH3 is 1. The predicted molar refractivity (Wildman–Crippen MR) is 69.5 cm³/mol. The number of anilines is 1. The number of hydrogen-bond acceptors (Lipinski definition) is 4. The van der Waals surface area contributed by atoms with E-state index in [1.807, 2.05) is 0 Å². The van der Waals surface area contributed by atoms with Crippen molar-refractivity contribution in [1.29, 1.82) is 0 Å². The minimum atomic E-state index is -2.04. The molecule has 1 aromatic carbocycles. The van der Waals surface area contributed by atoms with Gasteiger partial charge in [-0.05, 0) is 13.0 Å². The Kier molecular flexibility index (Phi) is 3.16. The van der Waals surface area contributed by atoms with Crippen LogP contribution in [0.2, 0.25) is 0 Å². The summed E-state index contributed by atoms with van der Waals surface area (Å²) in [5.41, 5.74) is -1.37. The summed E-state index contributed by atoms with van der Waals surface area (Å²) >= 11 is 0. The summed E-state index contributed by atoms with van der Waals surface area (Å²) in [6, 6.07) is 6.79. The van der Waals surface area contributed by atoms with Gasteiger partial charge in [-0.2, -0.15) is 0 Å². The molecule has 5 nitrogen and oxygen atoms in total. The highest BCUT2D eigenvalue weighted by Crippen LogP contribution is 2.43. The Bertz CT molecular complexity index is 566. The van der Waals surface area contributed by atoms with Crippen molar-refractivity contribution in [1.82, 2.24) is 0 Å². The lowest BCUT2D eigenvalue weighted by atomic mass is 9.88. The molecule has 0 fully saturated rings. The van der Waals surface area contributed by atoms with Gasteiger partial charge in [0.1, 0.15) is 0 Å². The van der Waals surface area contributed by atoms with Gasteiger partial charge in [0.15, 0.2) is 0 Å². The summed E-state index contributed by atoms with van der Waals surface area (Å²) in [4.78, 5) is 25.4. The highest BCUT2D eigenvalue weighted by molar-refractivity contribution is 6.13. The lowest BCUT2D eigenvalue weighted by Gasteiger charge is -2.23. The Labute approximate surface area is 111 Å². The highest BCUT2D eigenvalue weighted by atomic mass is 16.5. The van der Waals surface area contributed by atoms with Gasteiger partial charge in [-0.3, -0.25) is 4.79 Å². The van der Waals surface area contributed by atoms with E-state index in [-0.39, 0.29) is 5.57 Å². The minimum Gasteiger partial charge on any atom is -0.466 e. The second-order valence-corrected chi connectivity index (χ2v) is 4.25. The predicted octanol–water partition coefficient (Wildman–Crippen LogP) is 0.970. The molecule has 0 spiro atoms. The van der Waals surface area contributed by atoms with Crippen LogP contribution in [0.1, 0.15) is 12.5 Å². The number of likely N-dealkylation sites (N-methyl/N-ethyl adjacent to an activating group) is 1. The van der Waals surface area contributed by atoms with E-state index in [0.717, 1.165) is 0 Å². The van der Waals surface area contributed by atoms with Gasteiger partial charge in [0.2, 0.25) is 5.60 Å². The molecule has 0 aliphatic carbocycles. The van der Waals surface area contributed by atoms with Gasteiger partial charge < -0.3 is 14.7 Å². The Balaban J connectivity index is 2.61. The van der Waals surface area contributed by atoms with Gasteiger partial charge in [-0.15, -0.1) is 0 Å². The maximum atomic E-state index is 12.4. The molecule has 1 atom stereocenters. The van der Waals surface area contributed by atoms with Crippen LogP contribution in [0, 0.1) is 0 Å². The van der Waals surface area contributed by atoms with E-state index in [4.69, 9.17) is 0 Å². The van der Waals surface area contributed by atoms with Gasteiger partial charge in [-0.1, -0.05) is 24.8 Å². The highest BCUT2D eigenvalue weighted by Gasteiger charge is 2.53. The molecule has 100 valence electrons. The van der Waals surface area contributed by atoms with Crippen LogP contribution in [0.15, 0.2) is 36.4 Å². The van der Waals surface area contributed by atoms with Gasteiger partial charge in [-0.25, -0.2) is 4.79 Å². The Hall–Kier alpha value is -2.14. The lowest BCUT2D eigenvalue weighted by Crippen LogP contribution is -2.43. The monoisotopic (exact) mass is 261 g/mol. The number of ether oxygens (including phenoxy) is 1. The lowest BCUT2D eigenvalue weighted by molar-refractivity contribution is -0.144. The third-order valence-electron chi connectivity index (χ3n) is 3.32. The van der Waals surface area contributed by atoms with E-state index in [1.54, 1.807) is 31.2 Å². The number of nitrogens with zero attached hydrogens (tertiary/aromatic N) is 1. The summed E-state index contributed by atoms with van der Waals surface area (Å²) < 4.78 is 4.55. The van der Waals surface area contributed by atoms with E-state index in [1.165, 1.54) is 12.0 Å². The summed E-state index contributed by atoms with van der Waals surface area (Å²) in [7, 11) is 1.18. The van der Waals surface area contributed by atoms with Crippen LogP contribution in [0.3, 0.4) is 0 Å². The largest absolute Gasteiger partial charge is 0.466 e. The van der Waals surface area contributed by atoms with Gasteiger partial charge in [0.25, 0.3) is 5.91 Å². The van der Waals surface area contributed by atoms with Crippen molar-refractivity contribution in [3.63, 3.8) is 0 Å². The fourth-order valence-corrected chi connectivity index (χ4v) is 2.31. The van der Waals surface area contributed by atoms with E-state index < -0.39 is 17.5 Å². The number of aliphatic hydroxyl groups is 1. The molecule has 2 rings (SSSR count). The quantitative estimate of drug-likeness (QED) is 0.650. The third kappa shape index (κ3) is 1.66. The van der Waals surface area contributed by atoms with Gasteiger partial charge >= 0.3 is 5.97 Å². The molecule has 19 heavy (non-hydrogen) atoms. The van der Waals surface area contributed by atoms with Crippen LogP contribution in [0.5, 0.6) is 0 Å². The number of carbonyl (C=O) groups excluding carboxylic acids is 2. The smallest absolute Gasteiger partial charge is 0.336 e. The Morgan fingerprint density at radius 3 is 2.68 bits per heavy atom. The summed E-state index contributed by atoms with van der Waals surface area (Å²) in [5.74, 6) is -1.38. The number of fused-ring (bicyclic) bond motifs is 1. The van der Waals surface area contributed by atoms with Crippen molar-refractivity contribution in [3.05, 3.63) is 42.0 Å². The van der Waals surface area contributed by atoms with Crippen molar-refractivity contribution in [2.75, 3.05) is 18.6 Å². The summed E-state index contributed by atoms with van der Waals surface area (Å²) in [5, 5.41) is 10.7. The van der Waals surface area contributed by atoms with Gasteiger partial charge in [0, 0.05) is 12.1 Å². The molecular formula is C14H15NO4. The number of carbonyl (C=O) groups is 2. The van der Waals surface area contributed by atoms with Crippen LogP contribution >= 0.6 is 0 Å². The minimum absolute atomic E-state index is 0.275. The number of para-hydroxylation sites is 1. The molecule has 0 aromatic heterocycles. The third-order valence-corrected chi connectivity index (χ3v) is 3.32. The zero-order chi connectivity index (χ0) is 14.2. The molecule has 0 saturated carbocycles. The first kappa shape index (κ1) is 13.3. The number of benzene rings is 1. The van der Waals surface area contributed by atoms with Crippen LogP contribution < -0.4 is 4.90 Å². The maximum absolute atomic E-state index is 12.4. The summed E-state index contributed by atoms with van der Waals surface area (Å²) in [6.07, 6.45) is 0. The zero-order valence-electron chi connectivity index (χ0n) is 10.8. The van der Waals surface area contributed by atoms with Crippen LogP contribution in [-0.4, -0.2) is 30.6 Å². The molecule has 1 aromatic rings. The van der Waals surface area contributed by atoms with Crippen molar-refractivity contribution < 1.29 is 19.4 Å². The van der Waals surface area contributed by atoms with Gasteiger partial charge in [0.05, 0.1) is 18.4 Å². The summed E-state index contributed by atoms with van der Waals surface area (Å²) in [6.45, 7) is 5.71. The normalized spacial score (nSPS) is 21.2. The maximum Gasteiger partial charge on any atom is 0.336 e. The second kappa shape index (κ2) is 4.51. The number of hydrogen-bond donors (Lipinski definition) is 1. The van der Waals surface area contributed by atoms with E-state index in [2.05, 4.69) is 11.3 Å². The Morgan fingerprint density at radius 2 is 2.11 bits per heavy atom. The molecule has 0 bridgehead atoms. The molecular weight excluding hydrogens is 246 g/mol. The average molecular weight is 261 g/mol. The first-order valence-corrected chi connectivity index (χ1v) is 5.90. The fourth-order valence-electron chi connectivity index (χ4n) is 2.31. The number of rotatable bonds is 3. The number of amides is 1. The average Bonchev–Trinajstić information content (AvgIpc) is 2.67. The molecule has 1 unspecified atom stereocenters. The van der Waals surface area contributed by atoms with E-state index in [9.17, 15) is 14.7 Å². The first-order chi connectivity index (χ1) is 8.98. The molecule has 1 aliphatic rings. The van der Waals surface area contributed by atoms with Crippen LogP contribution in [-0.2, 0) is 19.9 Å². The van der Waals surface area contributed by atoms with Crippen molar-refractivity contribution >= 4 is 17.6 Å². The van der Waals surface area contributed by atoms with Crippen LogP contribution in [0.25, 0.3) is 0 Å². The van der Waals surface area contributed by atoms with E-state index in [0.29, 0.717) is 17.8 Å². The fraction of sp³-hybridized carbons (Fsp3) is 0.286. The van der Waals surface area contributed by atoms with Crippen molar-refractivity contribution in [2.24, 2.45) is 0 Å². The molecule has 1 N–H and O–H groups in total. The Morgan fingerprint density at radius 1 is 1.47 bits per heavy atom. The zero-order valence-corrected chi connectivity index (χ0v) is 10.8. The standard InChI is InChI=1S/C14H15NO4/c1-4-15-11-8-6-5-7-10(11)14(18,13(15)17)9(2)12(16)19-3/h5-8,18H,2,4H2,1,3H3. The molecule has 1 amide bonds. The topological polar surface area (TPSA) is 66.8 Å². The number of esters is 1. The molecule has 0 saturated heterocycles. The van der Waals surface area contributed by atoms with Crippen molar-refractivity contribution in [2.45, 2.75) is 12.5 Å². The molecule has 1 heterocycles. The molecule has 5 heteroatoms. The van der Waals surface area contributed by atoms with Crippen molar-refractivity contribution in [3.8, 4) is 0 Å².